The van der Waals surface area contributed by atoms with E-state index in [0.29, 0.717) is 12.0 Å². The predicted molar refractivity (Wildman–Crippen MR) is 98.5 cm³/mol. The highest BCUT2D eigenvalue weighted by Crippen LogP contribution is 2.46. The van der Waals surface area contributed by atoms with Crippen LogP contribution in [0.15, 0.2) is 29.4 Å². The van der Waals surface area contributed by atoms with E-state index in [1.807, 2.05) is 13.8 Å². The van der Waals surface area contributed by atoms with Crippen molar-refractivity contribution in [2.75, 3.05) is 0 Å². The van der Waals surface area contributed by atoms with E-state index in [2.05, 4.69) is 20.1 Å². The first-order chi connectivity index (χ1) is 12.5. The number of halogens is 1. The maximum atomic E-state index is 13.0. The molecule has 1 heterocycles. The Bertz CT molecular complexity index is 798. The van der Waals surface area contributed by atoms with Crippen molar-refractivity contribution in [3.05, 3.63) is 41.5 Å². The van der Waals surface area contributed by atoms with Gasteiger partial charge in [-0.05, 0) is 57.2 Å². The molecule has 5 nitrogen and oxygen atoms in total. The van der Waals surface area contributed by atoms with Crippen LogP contribution in [0.5, 0.6) is 0 Å². The van der Waals surface area contributed by atoms with Gasteiger partial charge < -0.3 is 9.88 Å². The molecule has 0 unspecified atom stereocenters. The molecule has 26 heavy (non-hydrogen) atoms. The predicted octanol–water partition coefficient (Wildman–Crippen LogP) is 3.99. The molecule has 2 aromatic rings. The topological polar surface area (TPSA) is 59.8 Å². The third-order valence-electron chi connectivity index (χ3n) is 4.93. The number of carbonyl (C=O) groups excluding carboxylic acids is 1. The number of rotatable bonds is 7. The number of amides is 1. The second-order valence-electron chi connectivity index (χ2n) is 7.26. The maximum Gasteiger partial charge on any atom is 0.233 e. The molecule has 2 saturated carbocycles. The monoisotopic (exact) mass is 374 g/mol. The number of carbonyl (C=O) groups is 1. The van der Waals surface area contributed by atoms with Gasteiger partial charge in [-0.3, -0.25) is 4.79 Å². The lowest BCUT2D eigenvalue weighted by Crippen LogP contribution is -2.33. The van der Waals surface area contributed by atoms with Crippen LogP contribution >= 0.6 is 11.8 Å². The van der Waals surface area contributed by atoms with Crippen LogP contribution in [0, 0.1) is 5.82 Å². The number of nitrogens with one attached hydrogen (secondary N) is 1. The van der Waals surface area contributed by atoms with Crippen molar-refractivity contribution in [2.45, 2.75) is 67.9 Å². The Balaban J connectivity index is 1.40. The molecule has 2 atom stereocenters. The van der Waals surface area contributed by atoms with Crippen molar-refractivity contribution in [1.82, 2.24) is 20.1 Å². The first-order valence-electron chi connectivity index (χ1n) is 9.20. The van der Waals surface area contributed by atoms with Crippen molar-refractivity contribution < 1.29 is 9.18 Å². The van der Waals surface area contributed by atoms with Gasteiger partial charge in [-0.15, -0.1) is 10.2 Å². The summed E-state index contributed by atoms with van der Waals surface area (Å²) >= 11 is 1.47. The summed E-state index contributed by atoms with van der Waals surface area (Å²) in [7, 11) is 0. The maximum absolute atomic E-state index is 13.0. The van der Waals surface area contributed by atoms with Gasteiger partial charge in [0.05, 0.1) is 11.3 Å². The number of benzene rings is 1. The SMILES string of the molecule is C[C@@H](Sc1nnc(C2CC2)n1C1CC1)C(=O)N[C@H](C)c1ccc(F)cc1. The molecule has 138 valence electrons. The fourth-order valence-electron chi connectivity index (χ4n) is 3.04. The fourth-order valence-corrected chi connectivity index (χ4v) is 3.98. The van der Waals surface area contributed by atoms with E-state index in [-0.39, 0.29) is 23.0 Å². The van der Waals surface area contributed by atoms with E-state index in [4.69, 9.17) is 0 Å². The van der Waals surface area contributed by atoms with Crippen molar-refractivity contribution >= 4 is 17.7 Å². The van der Waals surface area contributed by atoms with Crippen LogP contribution in [-0.4, -0.2) is 25.9 Å². The van der Waals surface area contributed by atoms with E-state index in [1.54, 1.807) is 12.1 Å². The van der Waals surface area contributed by atoms with E-state index in [0.717, 1.165) is 16.5 Å². The average molecular weight is 374 g/mol. The highest BCUT2D eigenvalue weighted by atomic mass is 32.2. The van der Waals surface area contributed by atoms with Crippen LogP contribution < -0.4 is 5.32 Å². The summed E-state index contributed by atoms with van der Waals surface area (Å²) in [5.41, 5.74) is 0.883. The van der Waals surface area contributed by atoms with Crippen molar-refractivity contribution in [2.24, 2.45) is 0 Å². The molecular weight excluding hydrogens is 351 g/mol. The van der Waals surface area contributed by atoms with E-state index < -0.39 is 0 Å². The molecule has 0 radical (unpaired) electrons. The molecule has 0 bridgehead atoms. The fraction of sp³-hybridized carbons (Fsp3) is 0.526. The van der Waals surface area contributed by atoms with Crippen LogP contribution in [0.4, 0.5) is 4.39 Å². The zero-order chi connectivity index (χ0) is 18.3. The minimum Gasteiger partial charge on any atom is -0.349 e. The van der Waals surface area contributed by atoms with Gasteiger partial charge in [0.15, 0.2) is 5.16 Å². The largest absolute Gasteiger partial charge is 0.349 e. The Morgan fingerprint density at radius 1 is 1.19 bits per heavy atom. The molecule has 7 heteroatoms. The Labute approximate surface area is 156 Å². The first kappa shape index (κ1) is 17.5. The van der Waals surface area contributed by atoms with Gasteiger partial charge >= 0.3 is 0 Å². The lowest BCUT2D eigenvalue weighted by molar-refractivity contribution is -0.120. The third-order valence-corrected chi connectivity index (χ3v) is 5.98. The Morgan fingerprint density at radius 3 is 2.50 bits per heavy atom. The summed E-state index contributed by atoms with van der Waals surface area (Å²) in [6, 6.07) is 6.56. The van der Waals surface area contributed by atoms with Gasteiger partial charge in [0.1, 0.15) is 11.6 Å². The number of thioether (sulfide) groups is 1. The molecular formula is C19H23FN4OS. The summed E-state index contributed by atoms with van der Waals surface area (Å²) in [6.07, 6.45) is 4.74. The van der Waals surface area contributed by atoms with Crippen molar-refractivity contribution in [3.8, 4) is 0 Å². The van der Waals surface area contributed by atoms with E-state index in [9.17, 15) is 9.18 Å². The summed E-state index contributed by atoms with van der Waals surface area (Å²) in [6.45, 7) is 3.79. The standard InChI is InChI=1S/C19H23FN4OS/c1-11(13-5-7-15(20)8-6-13)21-18(25)12(2)26-19-23-22-17(14-3-4-14)24(19)16-9-10-16/h5-8,11-12,14,16H,3-4,9-10H2,1-2H3,(H,21,25)/t11-,12-/m1/s1. The average Bonchev–Trinajstić information content (AvgIpc) is 3.54. The summed E-state index contributed by atoms with van der Waals surface area (Å²) in [5, 5.41) is 12.3. The molecule has 0 aliphatic heterocycles. The number of nitrogens with zero attached hydrogens (tertiary/aromatic N) is 3. The molecule has 4 rings (SSSR count). The molecule has 2 aliphatic carbocycles. The molecule has 1 amide bonds. The Morgan fingerprint density at radius 2 is 1.88 bits per heavy atom. The second kappa shape index (κ2) is 7.02. The van der Waals surface area contributed by atoms with Gasteiger partial charge in [-0.1, -0.05) is 23.9 Å². The minimum absolute atomic E-state index is 0.0508. The quantitative estimate of drug-likeness (QED) is 0.745. The molecule has 0 spiro atoms. The van der Waals surface area contributed by atoms with Gasteiger partial charge in [-0.25, -0.2) is 4.39 Å². The first-order valence-corrected chi connectivity index (χ1v) is 10.1. The van der Waals surface area contributed by atoms with Crippen LogP contribution in [0.1, 0.15) is 68.9 Å². The normalized spacial score (nSPS) is 19.2. The van der Waals surface area contributed by atoms with Crippen LogP contribution in [0.3, 0.4) is 0 Å². The summed E-state index contributed by atoms with van der Waals surface area (Å²) in [5.74, 6) is 1.33. The summed E-state index contributed by atoms with van der Waals surface area (Å²) < 4.78 is 15.3. The molecule has 0 saturated heterocycles. The van der Waals surface area contributed by atoms with Gasteiger partial charge in [0.25, 0.3) is 0 Å². The van der Waals surface area contributed by atoms with Crippen LogP contribution in [0.25, 0.3) is 0 Å². The summed E-state index contributed by atoms with van der Waals surface area (Å²) in [4.78, 5) is 12.6. The lowest BCUT2D eigenvalue weighted by atomic mass is 10.1. The van der Waals surface area contributed by atoms with Crippen LogP contribution in [0.2, 0.25) is 0 Å². The molecule has 1 aromatic heterocycles. The second-order valence-corrected chi connectivity index (χ2v) is 8.57. The third kappa shape index (κ3) is 3.77. The zero-order valence-electron chi connectivity index (χ0n) is 15.0. The lowest BCUT2D eigenvalue weighted by Gasteiger charge is -2.18. The van der Waals surface area contributed by atoms with Crippen LogP contribution in [-0.2, 0) is 4.79 Å². The van der Waals surface area contributed by atoms with E-state index in [1.165, 1.54) is 49.6 Å². The van der Waals surface area contributed by atoms with Gasteiger partial charge in [0.2, 0.25) is 5.91 Å². The molecule has 1 N–H and O–H groups in total. The van der Waals surface area contributed by atoms with Gasteiger partial charge in [0, 0.05) is 12.0 Å². The number of hydrogen-bond donors (Lipinski definition) is 1. The minimum atomic E-state index is -0.276. The highest BCUT2D eigenvalue weighted by Gasteiger charge is 2.37. The zero-order valence-corrected chi connectivity index (χ0v) is 15.8. The van der Waals surface area contributed by atoms with E-state index >= 15 is 0 Å². The molecule has 1 aromatic carbocycles. The Hall–Kier alpha value is -1.89. The van der Waals surface area contributed by atoms with Crippen molar-refractivity contribution in [1.29, 1.82) is 0 Å². The number of hydrogen-bond acceptors (Lipinski definition) is 4. The Kier molecular flexibility index (Phi) is 4.73. The number of aromatic nitrogens is 3. The van der Waals surface area contributed by atoms with Crippen molar-refractivity contribution in [3.63, 3.8) is 0 Å². The molecule has 2 aliphatic rings. The highest BCUT2D eigenvalue weighted by molar-refractivity contribution is 8.00. The van der Waals surface area contributed by atoms with Gasteiger partial charge in [-0.2, -0.15) is 0 Å². The molecule has 2 fully saturated rings. The smallest absolute Gasteiger partial charge is 0.233 e.